The highest BCUT2D eigenvalue weighted by Crippen LogP contribution is 2.27. The quantitative estimate of drug-likeness (QED) is 0.474. The van der Waals surface area contributed by atoms with Gasteiger partial charge in [0.05, 0.1) is 11.9 Å². The van der Waals surface area contributed by atoms with Crippen molar-refractivity contribution in [2.75, 3.05) is 17.1 Å². The minimum atomic E-state index is -3.86. The molecule has 7 nitrogen and oxygen atoms in total. The fraction of sp³-hybridized carbons (Fsp3) is 0.440. The van der Waals surface area contributed by atoms with Gasteiger partial charge in [0.25, 0.3) is 0 Å². The molecule has 0 fully saturated rings. The largest absolute Gasteiger partial charge is 0.352 e. The van der Waals surface area contributed by atoms with Gasteiger partial charge < -0.3 is 10.2 Å². The van der Waals surface area contributed by atoms with E-state index in [4.69, 9.17) is 11.6 Å². The summed E-state index contributed by atoms with van der Waals surface area (Å²) in [7, 11) is -3.86. The minimum absolute atomic E-state index is 0.0116. The Morgan fingerprint density at radius 3 is 2.26 bits per heavy atom. The topological polar surface area (TPSA) is 86.8 Å². The molecule has 0 radical (unpaired) electrons. The Kier molecular flexibility index (Phi) is 10.1. The highest BCUT2D eigenvalue weighted by atomic mass is 35.5. The molecular weight excluding hydrogens is 493 g/mol. The van der Waals surface area contributed by atoms with Gasteiger partial charge in [-0.3, -0.25) is 13.9 Å². The number of halogens is 2. The third-order valence-electron chi connectivity index (χ3n) is 5.77. The number of sulfonamides is 1. The Hall–Kier alpha value is -2.65. The molecule has 2 rings (SSSR count). The molecule has 192 valence electrons. The monoisotopic (exact) mass is 525 g/mol. The van der Waals surface area contributed by atoms with Crippen molar-refractivity contribution >= 4 is 39.1 Å². The van der Waals surface area contributed by atoms with Crippen molar-refractivity contribution in [1.82, 2.24) is 10.2 Å². The minimum Gasteiger partial charge on any atom is -0.352 e. The first-order valence-corrected chi connectivity index (χ1v) is 13.7. The van der Waals surface area contributed by atoms with Crippen molar-refractivity contribution in [3.63, 3.8) is 0 Å². The van der Waals surface area contributed by atoms with Crippen molar-refractivity contribution < 1.29 is 22.4 Å². The van der Waals surface area contributed by atoms with Crippen LogP contribution in [0.15, 0.2) is 42.5 Å². The van der Waals surface area contributed by atoms with E-state index in [2.05, 4.69) is 5.32 Å². The van der Waals surface area contributed by atoms with Gasteiger partial charge in [-0.25, -0.2) is 12.8 Å². The van der Waals surface area contributed by atoms with Crippen molar-refractivity contribution in [3.8, 4) is 0 Å². The number of amides is 2. The third-order valence-corrected chi connectivity index (χ3v) is 7.13. The second-order valence-electron chi connectivity index (χ2n) is 8.59. The molecule has 0 aliphatic heterocycles. The van der Waals surface area contributed by atoms with Crippen molar-refractivity contribution in [3.05, 3.63) is 64.4 Å². The van der Waals surface area contributed by atoms with E-state index in [9.17, 15) is 22.4 Å². The predicted molar refractivity (Wildman–Crippen MR) is 137 cm³/mol. The second kappa shape index (κ2) is 12.4. The standard InChI is InChI=1S/C25H33ClFN3O4S/c1-6-18(4)28-25(32)22(7-2)29(15-19-9-12-21(27)13-10-19)24(31)16-30(35(5,33)34)23-14-20(26)11-8-17(23)3/h8-14,18,22H,6-7,15-16H2,1-5H3,(H,28,32)/t18-,22+/m1/s1. The molecule has 0 heterocycles. The Morgan fingerprint density at radius 2 is 1.71 bits per heavy atom. The van der Waals surface area contributed by atoms with E-state index < -0.39 is 34.3 Å². The summed E-state index contributed by atoms with van der Waals surface area (Å²) < 4.78 is 39.8. The summed E-state index contributed by atoms with van der Waals surface area (Å²) in [5.74, 6) is -1.32. The normalized spacial score (nSPS) is 13.1. The maximum Gasteiger partial charge on any atom is 0.244 e. The van der Waals surface area contributed by atoms with Gasteiger partial charge in [0.15, 0.2) is 0 Å². The Labute approximate surface area is 212 Å². The van der Waals surface area contributed by atoms with Gasteiger partial charge in [-0.15, -0.1) is 0 Å². The van der Waals surface area contributed by atoms with Crippen LogP contribution in [0.1, 0.15) is 44.7 Å². The number of rotatable bonds is 11. The number of hydrogen-bond acceptors (Lipinski definition) is 4. The van der Waals surface area contributed by atoms with E-state index in [-0.39, 0.29) is 24.2 Å². The average Bonchev–Trinajstić information content (AvgIpc) is 2.79. The van der Waals surface area contributed by atoms with Crippen LogP contribution in [-0.2, 0) is 26.2 Å². The van der Waals surface area contributed by atoms with Crippen LogP contribution >= 0.6 is 11.6 Å². The maximum atomic E-state index is 13.6. The van der Waals surface area contributed by atoms with Crippen LogP contribution in [0.2, 0.25) is 5.02 Å². The van der Waals surface area contributed by atoms with Gasteiger partial charge in [-0.2, -0.15) is 0 Å². The number of anilines is 1. The van der Waals surface area contributed by atoms with Crippen molar-refractivity contribution in [2.24, 2.45) is 0 Å². The molecule has 0 aromatic heterocycles. The van der Waals surface area contributed by atoms with E-state index in [1.807, 2.05) is 13.8 Å². The van der Waals surface area contributed by atoms with Gasteiger partial charge in [-0.1, -0.05) is 43.6 Å². The van der Waals surface area contributed by atoms with Crippen LogP contribution < -0.4 is 9.62 Å². The molecule has 0 unspecified atom stereocenters. The first-order chi connectivity index (χ1) is 16.4. The van der Waals surface area contributed by atoms with Gasteiger partial charge in [0.2, 0.25) is 21.8 Å². The number of nitrogens with one attached hydrogen (secondary N) is 1. The van der Waals surface area contributed by atoms with E-state index in [0.717, 1.165) is 10.6 Å². The predicted octanol–water partition coefficient (Wildman–Crippen LogP) is 4.28. The summed E-state index contributed by atoms with van der Waals surface area (Å²) in [4.78, 5) is 28.1. The first kappa shape index (κ1) is 28.6. The van der Waals surface area contributed by atoms with Crippen LogP contribution in [-0.4, -0.2) is 50.0 Å². The summed E-state index contributed by atoms with van der Waals surface area (Å²) in [6.07, 6.45) is 2.03. The van der Waals surface area contributed by atoms with Gasteiger partial charge in [-0.05, 0) is 62.1 Å². The van der Waals surface area contributed by atoms with Crippen LogP contribution in [0, 0.1) is 12.7 Å². The maximum absolute atomic E-state index is 13.6. The van der Waals surface area contributed by atoms with Crippen molar-refractivity contribution in [2.45, 2.75) is 59.2 Å². The summed E-state index contributed by atoms with van der Waals surface area (Å²) in [6.45, 7) is 6.79. The van der Waals surface area contributed by atoms with Crippen LogP contribution in [0.4, 0.5) is 10.1 Å². The van der Waals surface area contributed by atoms with E-state index in [1.165, 1.54) is 35.2 Å². The van der Waals surface area contributed by atoms with Gasteiger partial charge in [0, 0.05) is 17.6 Å². The molecule has 0 spiro atoms. The smallest absolute Gasteiger partial charge is 0.244 e. The molecule has 10 heteroatoms. The SMILES string of the molecule is CC[C@@H](C)NC(=O)[C@H](CC)N(Cc1ccc(F)cc1)C(=O)CN(c1cc(Cl)ccc1C)S(C)(=O)=O. The van der Waals surface area contributed by atoms with Crippen LogP contribution in [0.3, 0.4) is 0 Å². The fourth-order valence-corrected chi connectivity index (χ4v) is 4.66. The van der Waals surface area contributed by atoms with E-state index in [1.54, 1.807) is 26.0 Å². The number of carbonyl (C=O) groups excluding carboxylic acids is 2. The highest BCUT2D eigenvalue weighted by Gasteiger charge is 2.32. The Morgan fingerprint density at radius 1 is 1.09 bits per heavy atom. The molecule has 0 saturated heterocycles. The lowest BCUT2D eigenvalue weighted by atomic mass is 10.1. The molecule has 0 saturated carbocycles. The van der Waals surface area contributed by atoms with E-state index >= 15 is 0 Å². The first-order valence-electron chi connectivity index (χ1n) is 11.5. The number of hydrogen-bond donors (Lipinski definition) is 1. The molecule has 0 aliphatic rings. The zero-order valence-electron chi connectivity index (χ0n) is 20.7. The second-order valence-corrected chi connectivity index (χ2v) is 10.9. The highest BCUT2D eigenvalue weighted by molar-refractivity contribution is 7.92. The molecule has 0 bridgehead atoms. The lowest BCUT2D eigenvalue weighted by Crippen LogP contribution is -2.53. The number of nitrogens with zero attached hydrogens (tertiary/aromatic N) is 2. The average molecular weight is 526 g/mol. The molecule has 1 N–H and O–H groups in total. The Balaban J connectivity index is 2.47. The summed E-state index contributed by atoms with van der Waals surface area (Å²) in [5, 5.41) is 3.23. The number of aryl methyl sites for hydroxylation is 1. The molecule has 35 heavy (non-hydrogen) atoms. The summed E-state index contributed by atoms with van der Waals surface area (Å²) >= 11 is 6.11. The zero-order chi connectivity index (χ0) is 26.3. The van der Waals surface area contributed by atoms with Gasteiger partial charge in [0.1, 0.15) is 18.4 Å². The van der Waals surface area contributed by atoms with Gasteiger partial charge >= 0.3 is 0 Å². The summed E-state index contributed by atoms with van der Waals surface area (Å²) in [6, 6.07) is 9.47. The lowest BCUT2D eigenvalue weighted by Gasteiger charge is -2.33. The Bertz CT molecular complexity index is 1140. The molecular formula is C25H33ClFN3O4S. The molecule has 2 amide bonds. The zero-order valence-corrected chi connectivity index (χ0v) is 22.3. The lowest BCUT2D eigenvalue weighted by molar-refractivity contribution is -0.140. The fourth-order valence-electron chi connectivity index (χ4n) is 3.59. The van der Waals surface area contributed by atoms with Crippen molar-refractivity contribution in [1.29, 1.82) is 0 Å². The molecule has 2 aromatic carbocycles. The molecule has 2 aromatic rings. The molecule has 0 aliphatic carbocycles. The van der Waals surface area contributed by atoms with E-state index in [0.29, 0.717) is 29.0 Å². The van der Waals surface area contributed by atoms with Crippen LogP contribution in [0.25, 0.3) is 0 Å². The third kappa shape index (κ3) is 7.93. The molecule has 2 atom stereocenters. The summed E-state index contributed by atoms with van der Waals surface area (Å²) in [5.41, 5.74) is 1.52. The number of carbonyl (C=O) groups is 2. The van der Waals surface area contributed by atoms with Crippen LogP contribution in [0.5, 0.6) is 0 Å². The number of benzene rings is 2.